The number of hydrogen-bond donors (Lipinski definition) is 0. The number of rotatable bonds is 7. The smallest absolute Gasteiger partial charge is 0.317 e. The van der Waals surface area contributed by atoms with Crippen molar-refractivity contribution in [3.8, 4) is 0 Å². The maximum absolute atomic E-state index is 11.8. The molecule has 0 saturated carbocycles. The third kappa shape index (κ3) is 4.83. The van der Waals surface area contributed by atoms with E-state index in [1.54, 1.807) is 6.92 Å². The summed E-state index contributed by atoms with van der Waals surface area (Å²) in [5, 5.41) is 13.2. The first-order valence-corrected chi connectivity index (χ1v) is 6.14. The first-order valence-electron chi connectivity index (χ1n) is 5.77. The van der Waals surface area contributed by atoms with Crippen LogP contribution >= 0.6 is 11.6 Å². The van der Waals surface area contributed by atoms with Crippen molar-refractivity contribution < 1.29 is 19.5 Å². The molecule has 0 aliphatic heterocycles. The van der Waals surface area contributed by atoms with Crippen LogP contribution in [-0.2, 0) is 14.4 Å². The van der Waals surface area contributed by atoms with Gasteiger partial charge in [-0.3, -0.25) is 4.79 Å². The van der Waals surface area contributed by atoms with Gasteiger partial charge in [0.25, 0.3) is 5.09 Å². The van der Waals surface area contributed by atoms with Crippen molar-refractivity contribution in [2.24, 2.45) is 5.11 Å². The van der Waals surface area contributed by atoms with Crippen LogP contribution in [0.25, 0.3) is 10.4 Å². The zero-order valence-electron chi connectivity index (χ0n) is 10.9. The molecule has 2 atom stereocenters. The highest BCUT2D eigenvalue weighted by Crippen LogP contribution is 2.26. The molecule has 0 aromatic heterocycles. The topological polar surface area (TPSA) is 127 Å². The Bertz CT molecular complexity index is 558. The number of carbonyl (C=O) groups is 1. The molecule has 0 radical (unpaired) electrons. The quantitative estimate of drug-likeness (QED) is 0.191. The summed E-state index contributed by atoms with van der Waals surface area (Å²) in [5.41, 5.74) is 8.78. The fourth-order valence-electron chi connectivity index (χ4n) is 1.56. The maximum atomic E-state index is 11.8. The fraction of sp³-hybridized carbons (Fsp3) is 0.364. The number of hydrogen-bond acceptors (Lipinski definition) is 6. The predicted molar refractivity (Wildman–Crippen MR) is 71.8 cm³/mol. The van der Waals surface area contributed by atoms with Crippen LogP contribution < -0.4 is 0 Å². The highest BCUT2D eigenvalue weighted by molar-refractivity contribution is 6.30. The van der Waals surface area contributed by atoms with Gasteiger partial charge < -0.3 is 9.57 Å². The molecule has 1 aromatic carbocycles. The van der Waals surface area contributed by atoms with E-state index in [0.29, 0.717) is 5.02 Å². The Kier molecular flexibility index (Phi) is 6.25. The van der Waals surface area contributed by atoms with Gasteiger partial charge in [-0.05, 0) is 30.2 Å². The van der Waals surface area contributed by atoms with Crippen LogP contribution in [-0.4, -0.2) is 23.7 Å². The molecule has 21 heavy (non-hydrogen) atoms. The lowest BCUT2D eigenvalue weighted by atomic mass is 10.0. The van der Waals surface area contributed by atoms with Crippen molar-refractivity contribution >= 4 is 17.6 Å². The Hall–Kier alpha value is -2.51. The molecule has 0 aliphatic carbocycles. The van der Waals surface area contributed by atoms with Gasteiger partial charge in [0, 0.05) is 9.93 Å². The zero-order chi connectivity index (χ0) is 15.8. The van der Waals surface area contributed by atoms with E-state index < -0.39 is 23.2 Å². The van der Waals surface area contributed by atoms with E-state index in [2.05, 4.69) is 14.9 Å². The Morgan fingerprint density at radius 1 is 1.52 bits per heavy atom. The summed E-state index contributed by atoms with van der Waals surface area (Å²) in [7, 11) is 0. The van der Waals surface area contributed by atoms with Crippen molar-refractivity contribution in [1.29, 1.82) is 0 Å². The van der Waals surface area contributed by atoms with E-state index in [1.165, 1.54) is 24.3 Å². The summed E-state index contributed by atoms with van der Waals surface area (Å²) in [6, 6.07) is 4.25. The summed E-state index contributed by atoms with van der Waals surface area (Å²) in [6.07, 6.45) is -1.42. The van der Waals surface area contributed by atoms with Gasteiger partial charge in [0.15, 0.2) is 12.1 Å². The van der Waals surface area contributed by atoms with Gasteiger partial charge in [0.05, 0.1) is 6.61 Å². The molecule has 10 heteroatoms. The number of nitrogens with zero attached hydrogens (tertiary/aromatic N) is 4. The first-order chi connectivity index (χ1) is 9.99. The molecule has 9 nitrogen and oxygen atoms in total. The SMILES string of the molecule is CCOC(=O)C(N=[N+]=[N-])C(O[N+](=O)[O-])c1ccc(Cl)cc1. The van der Waals surface area contributed by atoms with E-state index in [0.717, 1.165) is 0 Å². The van der Waals surface area contributed by atoms with E-state index in [9.17, 15) is 14.9 Å². The second-order valence-corrected chi connectivity index (χ2v) is 4.14. The van der Waals surface area contributed by atoms with Gasteiger partial charge in [-0.15, -0.1) is 10.1 Å². The number of carbonyl (C=O) groups excluding carboxylic acids is 1. The third-order valence-electron chi connectivity index (χ3n) is 2.39. The second kappa shape index (κ2) is 7.93. The van der Waals surface area contributed by atoms with Crippen molar-refractivity contribution in [1.82, 2.24) is 0 Å². The summed E-state index contributed by atoms with van der Waals surface area (Å²) < 4.78 is 4.73. The second-order valence-electron chi connectivity index (χ2n) is 3.70. The van der Waals surface area contributed by atoms with E-state index in [1.807, 2.05) is 0 Å². The van der Waals surface area contributed by atoms with Gasteiger partial charge in [-0.25, -0.2) is 0 Å². The molecule has 0 amide bonds. The lowest BCUT2D eigenvalue weighted by Gasteiger charge is -2.20. The number of ether oxygens (including phenoxy) is 1. The van der Waals surface area contributed by atoms with Crippen LogP contribution in [0.3, 0.4) is 0 Å². The number of benzene rings is 1. The van der Waals surface area contributed by atoms with Crippen LogP contribution in [0.15, 0.2) is 29.4 Å². The minimum atomic E-state index is -1.53. The van der Waals surface area contributed by atoms with E-state index in [-0.39, 0.29) is 12.2 Å². The summed E-state index contributed by atoms with van der Waals surface area (Å²) >= 11 is 5.73. The molecular formula is C11H11ClN4O5. The monoisotopic (exact) mass is 314 g/mol. The molecule has 1 aromatic rings. The van der Waals surface area contributed by atoms with Crippen molar-refractivity contribution in [3.63, 3.8) is 0 Å². The molecule has 0 heterocycles. The molecule has 0 saturated heterocycles. The van der Waals surface area contributed by atoms with Crippen molar-refractivity contribution in [2.45, 2.75) is 19.1 Å². The largest absolute Gasteiger partial charge is 0.466 e. The van der Waals surface area contributed by atoms with Crippen LogP contribution in [0.2, 0.25) is 5.02 Å². The van der Waals surface area contributed by atoms with E-state index in [4.69, 9.17) is 21.9 Å². The average molecular weight is 315 g/mol. The lowest BCUT2D eigenvalue weighted by Crippen LogP contribution is -2.31. The average Bonchev–Trinajstić information content (AvgIpc) is 2.43. The van der Waals surface area contributed by atoms with Gasteiger partial charge in [0.1, 0.15) is 0 Å². The molecular weight excluding hydrogens is 304 g/mol. The molecule has 1 rings (SSSR count). The molecule has 0 N–H and O–H groups in total. The third-order valence-corrected chi connectivity index (χ3v) is 2.64. The Morgan fingerprint density at radius 3 is 2.62 bits per heavy atom. The maximum Gasteiger partial charge on any atom is 0.317 e. The standard InChI is InChI=1S/C11H11ClN4O5/c1-2-20-11(17)9(14-15-13)10(21-16(18)19)7-3-5-8(12)6-4-7/h3-6,9-10H,2H2,1H3. The number of esters is 1. The molecule has 0 aliphatic rings. The zero-order valence-corrected chi connectivity index (χ0v) is 11.6. The van der Waals surface area contributed by atoms with Crippen LogP contribution in [0.4, 0.5) is 0 Å². The normalized spacial score (nSPS) is 12.7. The van der Waals surface area contributed by atoms with Gasteiger partial charge in [-0.1, -0.05) is 28.8 Å². The molecule has 0 spiro atoms. The van der Waals surface area contributed by atoms with Crippen molar-refractivity contribution in [3.05, 3.63) is 55.4 Å². The van der Waals surface area contributed by atoms with Gasteiger partial charge >= 0.3 is 5.97 Å². The molecule has 112 valence electrons. The minimum Gasteiger partial charge on any atom is -0.466 e. The summed E-state index contributed by atoms with van der Waals surface area (Å²) in [5.74, 6) is -0.919. The summed E-state index contributed by atoms with van der Waals surface area (Å²) in [4.78, 5) is 29.4. The van der Waals surface area contributed by atoms with Gasteiger partial charge in [0.2, 0.25) is 0 Å². The lowest BCUT2D eigenvalue weighted by molar-refractivity contribution is -0.771. The molecule has 0 fully saturated rings. The van der Waals surface area contributed by atoms with Crippen LogP contribution in [0, 0.1) is 10.1 Å². The number of azide groups is 1. The Balaban J connectivity index is 3.19. The fourth-order valence-corrected chi connectivity index (χ4v) is 1.69. The Morgan fingerprint density at radius 2 is 2.14 bits per heavy atom. The highest BCUT2D eigenvalue weighted by atomic mass is 35.5. The molecule has 0 bridgehead atoms. The number of halogens is 1. The van der Waals surface area contributed by atoms with Crippen molar-refractivity contribution in [2.75, 3.05) is 6.61 Å². The summed E-state index contributed by atoms with van der Waals surface area (Å²) in [6.45, 7) is 1.58. The van der Waals surface area contributed by atoms with Gasteiger partial charge in [-0.2, -0.15) is 0 Å². The highest BCUT2D eigenvalue weighted by Gasteiger charge is 2.33. The first kappa shape index (κ1) is 16.5. The van der Waals surface area contributed by atoms with Crippen LogP contribution in [0.1, 0.15) is 18.6 Å². The predicted octanol–water partition coefficient (Wildman–Crippen LogP) is 2.83. The van der Waals surface area contributed by atoms with Crippen LogP contribution in [0.5, 0.6) is 0 Å². The van der Waals surface area contributed by atoms with E-state index >= 15 is 0 Å². The Labute approximate surface area is 124 Å². The molecule has 2 unspecified atom stereocenters. The minimum absolute atomic E-state index is 0.0298.